The maximum absolute atomic E-state index is 4.75. The van der Waals surface area contributed by atoms with Crippen LogP contribution in [-0.4, -0.2) is 23.5 Å². The van der Waals surface area contributed by atoms with Gasteiger partial charge in [0.2, 0.25) is 0 Å². The number of benzene rings is 1. The molecule has 0 aliphatic heterocycles. The molecule has 3 rings (SSSR count). The van der Waals surface area contributed by atoms with Crippen molar-refractivity contribution in [3.63, 3.8) is 0 Å². The number of hydrogen-bond donors (Lipinski definition) is 2. The maximum Gasteiger partial charge on any atom is 0.191 e. The maximum atomic E-state index is 4.75. The Morgan fingerprint density at radius 1 is 1.28 bits per heavy atom. The Labute approximate surface area is 171 Å². The molecule has 1 fully saturated rings. The normalized spacial score (nSPS) is 19.3. The van der Waals surface area contributed by atoms with Gasteiger partial charge in [0.1, 0.15) is 0 Å². The molecule has 0 saturated heterocycles. The van der Waals surface area contributed by atoms with Gasteiger partial charge in [-0.05, 0) is 45.2 Å². The monoisotopic (exact) mass is 470 g/mol. The molecule has 1 aliphatic carbocycles. The van der Waals surface area contributed by atoms with Crippen molar-refractivity contribution in [1.29, 1.82) is 0 Å². The van der Waals surface area contributed by atoms with E-state index in [0.29, 0.717) is 18.5 Å². The highest BCUT2D eigenvalue weighted by Gasteiger charge is 2.39. The summed E-state index contributed by atoms with van der Waals surface area (Å²) >= 11 is 1.73. The number of aliphatic imine (C=N–C) groups is 1. The summed E-state index contributed by atoms with van der Waals surface area (Å²) in [5, 5.41) is 8.06. The molecule has 0 spiro atoms. The second-order valence-electron chi connectivity index (χ2n) is 6.39. The fourth-order valence-electron chi connectivity index (χ4n) is 3.07. The first kappa shape index (κ1) is 20.2. The zero-order valence-corrected chi connectivity index (χ0v) is 18.4. The van der Waals surface area contributed by atoms with E-state index in [1.807, 2.05) is 6.92 Å². The van der Waals surface area contributed by atoms with Crippen LogP contribution in [0.5, 0.6) is 0 Å². The molecule has 1 aromatic carbocycles. The quantitative estimate of drug-likeness (QED) is 0.389. The molecule has 2 unspecified atom stereocenters. The van der Waals surface area contributed by atoms with Crippen LogP contribution in [0.2, 0.25) is 0 Å². The van der Waals surface area contributed by atoms with E-state index in [2.05, 4.69) is 60.7 Å². The molecule has 1 aliphatic rings. The van der Waals surface area contributed by atoms with Gasteiger partial charge < -0.3 is 10.6 Å². The number of nitrogens with one attached hydrogen (secondary N) is 2. The molecule has 1 aromatic heterocycles. The number of hydrogen-bond acceptors (Lipinski definition) is 3. The molecule has 2 aromatic rings. The fraction of sp³-hybridized carbons (Fsp3) is 0.474. The smallest absolute Gasteiger partial charge is 0.191 e. The van der Waals surface area contributed by atoms with Gasteiger partial charge in [-0.15, -0.1) is 35.3 Å². The molecule has 1 saturated carbocycles. The summed E-state index contributed by atoms with van der Waals surface area (Å²) in [6.45, 7) is 9.96. The molecule has 1 heterocycles. The van der Waals surface area contributed by atoms with E-state index >= 15 is 0 Å². The second-order valence-corrected chi connectivity index (χ2v) is 7.67. The summed E-state index contributed by atoms with van der Waals surface area (Å²) in [5.74, 6) is 1.51. The molecule has 0 amide bonds. The Bertz CT molecular complexity index is 741. The van der Waals surface area contributed by atoms with Gasteiger partial charge in [0.25, 0.3) is 0 Å². The highest BCUT2D eigenvalue weighted by atomic mass is 127. The van der Waals surface area contributed by atoms with Crippen LogP contribution in [0, 0.1) is 20.8 Å². The van der Waals surface area contributed by atoms with Crippen LogP contribution in [0.25, 0.3) is 0 Å². The van der Waals surface area contributed by atoms with Gasteiger partial charge in [-0.3, -0.25) is 0 Å². The van der Waals surface area contributed by atoms with E-state index in [9.17, 15) is 0 Å². The van der Waals surface area contributed by atoms with Crippen LogP contribution in [0.1, 0.15) is 46.0 Å². The van der Waals surface area contributed by atoms with E-state index < -0.39 is 0 Å². The van der Waals surface area contributed by atoms with Gasteiger partial charge in [0.05, 0.1) is 17.2 Å². The van der Waals surface area contributed by atoms with Crippen LogP contribution in [0.4, 0.5) is 0 Å². The number of guanidine groups is 1. The molecule has 0 radical (unpaired) electrons. The summed E-state index contributed by atoms with van der Waals surface area (Å²) in [5.41, 5.74) is 3.94. The van der Waals surface area contributed by atoms with E-state index in [4.69, 9.17) is 4.99 Å². The van der Waals surface area contributed by atoms with Crippen molar-refractivity contribution in [3.05, 3.63) is 51.0 Å². The number of thiazole rings is 1. The zero-order valence-electron chi connectivity index (χ0n) is 15.3. The summed E-state index contributed by atoms with van der Waals surface area (Å²) in [6.07, 6.45) is 1.17. The Morgan fingerprint density at radius 2 is 2.04 bits per heavy atom. The molecular weight excluding hydrogens is 443 g/mol. The van der Waals surface area contributed by atoms with Gasteiger partial charge in [-0.1, -0.05) is 24.3 Å². The lowest BCUT2D eigenvalue weighted by Crippen LogP contribution is -2.39. The van der Waals surface area contributed by atoms with Crippen molar-refractivity contribution in [2.45, 2.75) is 52.6 Å². The third-order valence-corrected chi connectivity index (χ3v) is 5.48. The Morgan fingerprint density at radius 3 is 2.68 bits per heavy atom. The summed E-state index contributed by atoms with van der Waals surface area (Å²) in [4.78, 5) is 10.5. The van der Waals surface area contributed by atoms with Crippen LogP contribution in [0.3, 0.4) is 0 Å². The Kier molecular flexibility index (Phi) is 7.25. The highest BCUT2D eigenvalue weighted by molar-refractivity contribution is 14.0. The van der Waals surface area contributed by atoms with Gasteiger partial charge in [-0.25, -0.2) is 9.98 Å². The van der Waals surface area contributed by atoms with E-state index in [1.54, 1.807) is 11.3 Å². The minimum Gasteiger partial charge on any atom is -0.357 e. The SMILES string of the molecule is CCNC(=NCc1sc(C)nc1C)NC1CC1c1ccccc1C.I. The molecule has 2 atom stereocenters. The number of aryl methyl sites for hydroxylation is 3. The minimum atomic E-state index is 0. The minimum absolute atomic E-state index is 0. The topological polar surface area (TPSA) is 49.3 Å². The Hall–Kier alpha value is -1.15. The van der Waals surface area contributed by atoms with Crippen LogP contribution in [0.15, 0.2) is 29.3 Å². The third-order valence-electron chi connectivity index (χ3n) is 4.43. The third kappa shape index (κ3) is 5.17. The van der Waals surface area contributed by atoms with Crippen LogP contribution in [-0.2, 0) is 6.54 Å². The van der Waals surface area contributed by atoms with Gasteiger partial charge in [-0.2, -0.15) is 0 Å². The summed E-state index contributed by atoms with van der Waals surface area (Å²) in [6, 6.07) is 9.15. The van der Waals surface area contributed by atoms with Crippen molar-refractivity contribution >= 4 is 41.3 Å². The molecule has 25 heavy (non-hydrogen) atoms. The largest absolute Gasteiger partial charge is 0.357 e. The lowest BCUT2D eigenvalue weighted by molar-refractivity contribution is 0.794. The van der Waals surface area contributed by atoms with Gasteiger partial charge in [0, 0.05) is 23.4 Å². The number of aromatic nitrogens is 1. The lowest BCUT2D eigenvalue weighted by atomic mass is 10.0. The first-order chi connectivity index (χ1) is 11.6. The fourth-order valence-corrected chi connectivity index (χ4v) is 3.93. The predicted octanol–water partition coefficient (Wildman–Crippen LogP) is 4.30. The molecule has 4 nitrogen and oxygen atoms in total. The van der Waals surface area contributed by atoms with Crippen molar-refractivity contribution in [2.75, 3.05) is 6.54 Å². The standard InChI is InChI=1S/C19H26N4S.HI/c1-5-20-19(21-11-18-13(3)22-14(4)24-18)23-17-10-16(17)15-9-7-6-8-12(15)2;/h6-9,16-17H,5,10-11H2,1-4H3,(H2,20,21,23);1H. The average Bonchev–Trinajstić information content (AvgIpc) is 3.22. The molecule has 2 N–H and O–H groups in total. The average molecular weight is 470 g/mol. The predicted molar refractivity (Wildman–Crippen MR) is 117 cm³/mol. The number of nitrogens with zero attached hydrogens (tertiary/aromatic N) is 2. The van der Waals surface area contributed by atoms with Crippen LogP contribution < -0.4 is 10.6 Å². The first-order valence-corrected chi connectivity index (χ1v) is 9.43. The second kappa shape index (κ2) is 8.98. The lowest BCUT2D eigenvalue weighted by Gasteiger charge is -2.12. The molecular formula is C19H27IN4S. The Balaban J connectivity index is 0.00000225. The first-order valence-electron chi connectivity index (χ1n) is 8.61. The summed E-state index contributed by atoms with van der Waals surface area (Å²) < 4.78 is 0. The van der Waals surface area contributed by atoms with Gasteiger partial charge in [0.15, 0.2) is 5.96 Å². The summed E-state index contributed by atoms with van der Waals surface area (Å²) in [7, 11) is 0. The van der Waals surface area contributed by atoms with Crippen LogP contribution >= 0.6 is 35.3 Å². The van der Waals surface area contributed by atoms with Gasteiger partial charge >= 0.3 is 0 Å². The van der Waals surface area contributed by atoms with Crippen molar-refractivity contribution in [1.82, 2.24) is 15.6 Å². The van der Waals surface area contributed by atoms with Crippen molar-refractivity contribution < 1.29 is 0 Å². The van der Waals surface area contributed by atoms with E-state index in [1.165, 1.54) is 22.4 Å². The highest BCUT2D eigenvalue weighted by Crippen LogP contribution is 2.42. The van der Waals surface area contributed by atoms with Crippen molar-refractivity contribution in [2.24, 2.45) is 4.99 Å². The molecule has 0 bridgehead atoms. The van der Waals surface area contributed by atoms with Crippen molar-refractivity contribution in [3.8, 4) is 0 Å². The number of halogens is 1. The molecule has 6 heteroatoms. The zero-order chi connectivity index (χ0) is 17.1. The number of rotatable bonds is 5. The van der Waals surface area contributed by atoms with E-state index in [-0.39, 0.29) is 24.0 Å². The van der Waals surface area contributed by atoms with E-state index in [0.717, 1.165) is 23.2 Å². The molecule has 136 valence electrons.